The fraction of sp³-hybridized carbons (Fsp3) is 0.923. The molecule has 2 aliphatic carbocycles. The van der Waals surface area contributed by atoms with Gasteiger partial charge >= 0.3 is 0 Å². The number of alkyl halides is 5. The highest BCUT2D eigenvalue weighted by Gasteiger charge is 2.56. The molecule has 0 N–H and O–H groups in total. The summed E-state index contributed by atoms with van der Waals surface area (Å²) in [4.78, 5) is 0. The summed E-state index contributed by atoms with van der Waals surface area (Å²) in [5.74, 6) is -3.90. The van der Waals surface area contributed by atoms with E-state index in [2.05, 4.69) is 0 Å². The largest absolute Gasteiger partial charge is 0.244 e. The minimum absolute atomic E-state index is 0.293. The lowest BCUT2D eigenvalue weighted by molar-refractivity contribution is -0.109. The van der Waals surface area contributed by atoms with Crippen LogP contribution in [0.5, 0.6) is 0 Å². The highest BCUT2D eigenvalue weighted by molar-refractivity contribution is 6.12. The molecule has 0 aromatic carbocycles. The summed E-state index contributed by atoms with van der Waals surface area (Å²) in [7, 11) is 5.82. The van der Waals surface area contributed by atoms with Crippen LogP contribution >= 0.6 is 0 Å². The number of halogens is 5. The summed E-state index contributed by atoms with van der Waals surface area (Å²) in [6, 6.07) is 1.95. The zero-order valence-electron chi connectivity index (χ0n) is 10.7. The molecule has 7 heteroatoms. The maximum Gasteiger partial charge on any atom is 0.168 e. The Morgan fingerprint density at radius 2 is 1.35 bits per heavy atom. The Kier molecular flexibility index (Phi) is 4.60. The van der Waals surface area contributed by atoms with Crippen LogP contribution in [-0.4, -0.2) is 38.7 Å². The Labute approximate surface area is 115 Å². The molecule has 7 atom stereocenters. The van der Waals surface area contributed by atoms with Crippen molar-refractivity contribution in [1.82, 2.24) is 0 Å². The van der Waals surface area contributed by atoms with Gasteiger partial charge in [-0.1, -0.05) is 18.7 Å². The summed E-state index contributed by atoms with van der Waals surface area (Å²) in [6.07, 6.45) is -11.7. The quantitative estimate of drug-likeness (QED) is 0.537. The molecule has 7 unspecified atom stereocenters. The molecular formula is C13H15BF5N. The summed E-state index contributed by atoms with van der Waals surface area (Å²) in [5, 5.41) is 8.93. The van der Waals surface area contributed by atoms with Crippen LogP contribution in [0.4, 0.5) is 22.0 Å². The fourth-order valence-electron chi connectivity index (χ4n) is 3.46. The van der Waals surface area contributed by atoms with E-state index in [1.54, 1.807) is 0 Å². The lowest BCUT2D eigenvalue weighted by Crippen LogP contribution is -2.56. The van der Waals surface area contributed by atoms with Crippen LogP contribution < -0.4 is 0 Å². The first-order valence-electron chi connectivity index (χ1n) is 6.75. The molecule has 0 amide bonds. The molecule has 1 nitrogen and oxygen atoms in total. The van der Waals surface area contributed by atoms with Gasteiger partial charge < -0.3 is 0 Å². The number of hydrogen-bond acceptors (Lipinski definition) is 1. The van der Waals surface area contributed by atoms with E-state index in [1.165, 1.54) is 0 Å². The van der Waals surface area contributed by atoms with Gasteiger partial charge in [0, 0.05) is 11.8 Å². The standard InChI is InChI=1S/C13H15BF5N/c14-8-5(4-20)2-1-3-6(8)7-9(15)11(17)13(19)12(18)10(7)16/h5-13H,1-3H2. The Morgan fingerprint density at radius 1 is 0.850 bits per heavy atom. The van der Waals surface area contributed by atoms with Crippen LogP contribution in [0.15, 0.2) is 0 Å². The van der Waals surface area contributed by atoms with Gasteiger partial charge in [0.05, 0.1) is 13.9 Å². The predicted molar refractivity (Wildman–Crippen MR) is 63.9 cm³/mol. The van der Waals surface area contributed by atoms with Crippen LogP contribution in [0, 0.1) is 29.1 Å². The van der Waals surface area contributed by atoms with E-state index >= 15 is 0 Å². The predicted octanol–water partition coefficient (Wildman–Crippen LogP) is 3.20. The summed E-state index contributed by atoms with van der Waals surface area (Å²) < 4.78 is 67.9. The van der Waals surface area contributed by atoms with Crippen LogP contribution in [0.2, 0.25) is 5.82 Å². The molecule has 2 saturated carbocycles. The molecule has 0 aliphatic heterocycles. The van der Waals surface area contributed by atoms with Crippen molar-refractivity contribution in [3.63, 3.8) is 0 Å². The first kappa shape index (κ1) is 15.6. The Morgan fingerprint density at radius 3 is 1.85 bits per heavy atom. The number of hydrogen-bond donors (Lipinski definition) is 0. The van der Waals surface area contributed by atoms with Crippen molar-refractivity contribution in [3.8, 4) is 6.07 Å². The van der Waals surface area contributed by atoms with E-state index in [9.17, 15) is 22.0 Å². The molecule has 2 fully saturated rings. The molecule has 2 aliphatic rings. The third-order valence-corrected chi connectivity index (χ3v) is 4.62. The summed E-state index contributed by atoms with van der Waals surface area (Å²) in [5.41, 5.74) is 0. The van der Waals surface area contributed by atoms with Crippen molar-refractivity contribution in [2.24, 2.45) is 17.8 Å². The van der Waals surface area contributed by atoms with E-state index in [-0.39, 0.29) is 0 Å². The van der Waals surface area contributed by atoms with Crippen molar-refractivity contribution < 1.29 is 22.0 Å². The Balaban J connectivity index is 2.23. The second-order valence-corrected chi connectivity index (χ2v) is 5.71. The molecule has 0 heterocycles. The van der Waals surface area contributed by atoms with Crippen molar-refractivity contribution >= 4 is 7.85 Å². The number of rotatable bonds is 1. The molecule has 0 aromatic heterocycles. The first-order chi connectivity index (χ1) is 9.40. The van der Waals surface area contributed by atoms with Gasteiger partial charge in [-0.3, -0.25) is 0 Å². The normalized spacial score (nSPS) is 53.3. The van der Waals surface area contributed by atoms with Crippen LogP contribution in [0.25, 0.3) is 0 Å². The summed E-state index contributed by atoms with van der Waals surface area (Å²) in [6.45, 7) is 0. The smallest absolute Gasteiger partial charge is 0.168 e. The van der Waals surface area contributed by atoms with Gasteiger partial charge in [0.2, 0.25) is 0 Å². The third kappa shape index (κ3) is 2.42. The summed E-state index contributed by atoms with van der Waals surface area (Å²) >= 11 is 0. The molecule has 0 saturated heterocycles. The molecule has 110 valence electrons. The average molecular weight is 291 g/mol. The van der Waals surface area contributed by atoms with Crippen LogP contribution in [0.3, 0.4) is 0 Å². The average Bonchev–Trinajstić information content (AvgIpc) is 2.45. The molecule has 0 aromatic rings. The van der Waals surface area contributed by atoms with Crippen molar-refractivity contribution in [3.05, 3.63) is 0 Å². The van der Waals surface area contributed by atoms with Crippen molar-refractivity contribution in [1.29, 1.82) is 5.26 Å². The number of nitriles is 1. The molecule has 2 radical (unpaired) electrons. The molecule has 0 spiro atoms. The highest BCUT2D eigenvalue weighted by Crippen LogP contribution is 2.48. The lowest BCUT2D eigenvalue weighted by atomic mass is 9.56. The fourth-order valence-corrected chi connectivity index (χ4v) is 3.46. The zero-order valence-corrected chi connectivity index (χ0v) is 10.7. The molecular weight excluding hydrogens is 276 g/mol. The highest BCUT2D eigenvalue weighted by atomic mass is 19.2. The lowest BCUT2D eigenvalue weighted by Gasteiger charge is -2.45. The van der Waals surface area contributed by atoms with E-state index < -0.39 is 54.4 Å². The zero-order chi connectivity index (χ0) is 15.0. The Bertz CT molecular complexity index is 373. The van der Waals surface area contributed by atoms with E-state index in [0.717, 1.165) is 0 Å². The van der Waals surface area contributed by atoms with Gasteiger partial charge in [-0.2, -0.15) is 5.26 Å². The third-order valence-electron chi connectivity index (χ3n) is 4.62. The van der Waals surface area contributed by atoms with E-state index in [1.807, 2.05) is 6.07 Å². The van der Waals surface area contributed by atoms with Gasteiger partial charge in [0.15, 0.2) is 18.5 Å². The second kappa shape index (κ2) is 5.91. The maximum atomic E-state index is 13.9. The molecule has 0 bridgehead atoms. The monoisotopic (exact) mass is 291 g/mol. The minimum Gasteiger partial charge on any atom is -0.244 e. The second-order valence-electron chi connectivity index (χ2n) is 5.71. The van der Waals surface area contributed by atoms with E-state index in [0.29, 0.717) is 19.3 Å². The van der Waals surface area contributed by atoms with Gasteiger partial charge in [-0.05, 0) is 12.3 Å². The minimum atomic E-state index is -2.79. The Hall–Kier alpha value is -0.795. The van der Waals surface area contributed by atoms with E-state index in [4.69, 9.17) is 13.1 Å². The van der Waals surface area contributed by atoms with Crippen LogP contribution in [0.1, 0.15) is 19.3 Å². The molecule has 2 rings (SSSR count). The van der Waals surface area contributed by atoms with Crippen molar-refractivity contribution in [2.75, 3.05) is 0 Å². The molecule has 20 heavy (non-hydrogen) atoms. The number of nitrogens with zero attached hydrogens (tertiary/aromatic N) is 1. The maximum absolute atomic E-state index is 13.9. The van der Waals surface area contributed by atoms with Crippen LogP contribution in [-0.2, 0) is 0 Å². The topological polar surface area (TPSA) is 23.8 Å². The van der Waals surface area contributed by atoms with Gasteiger partial charge in [-0.25, -0.2) is 22.0 Å². The first-order valence-corrected chi connectivity index (χ1v) is 6.75. The van der Waals surface area contributed by atoms with Gasteiger partial charge in [0.1, 0.15) is 12.3 Å². The van der Waals surface area contributed by atoms with Crippen molar-refractivity contribution in [2.45, 2.75) is 55.9 Å². The van der Waals surface area contributed by atoms with Gasteiger partial charge in [-0.15, -0.1) is 0 Å². The SMILES string of the molecule is [B]C1C(C#N)CCCC1C1C(F)C(F)C(F)C(F)C1F. The van der Waals surface area contributed by atoms with Gasteiger partial charge in [0.25, 0.3) is 0 Å².